The van der Waals surface area contributed by atoms with Gasteiger partial charge in [0.25, 0.3) is 0 Å². The second-order valence-electron chi connectivity index (χ2n) is 3.36. The van der Waals surface area contributed by atoms with Crippen molar-refractivity contribution in [1.82, 2.24) is 4.90 Å². The van der Waals surface area contributed by atoms with Crippen molar-refractivity contribution in [2.24, 2.45) is 0 Å². The normalized spacial score (nSPS) is 23.8. The Bertz CT molecular complexity index is 316. The van der Waals surface area contributed by atoms with Gasteiger partial charge in [0.1, 0.15) is 0 Å². The summed E-state index contributed by atoms with van der Waals surface area (Å²) in [5.41, 5.74) is 2.37. The Morgan fingerprint density at radius 3 is 2.92 bits per heavy atom. The zero-order valence-corrected chi connectivity index (χ0v) is 7.61. The van der Waals surface area contributed by atoms with Crippen molar-refractivity contribution in [3.8, 4) is 0 Å². The highest BCUT2D eigenvalue weighted by Gasteiger charge is 2.14. The molecule has 2 heteroatoms. The van der Waals surface area contributed by atoms with Gasteiger partial charge in [0.15, 0.2) is 0 Å². The molecule has 0 spiro atoms. The van der Waals surface area contributed by atoms with Crippen molar-refractivity contribution in [2.75, 3.05) is 19.7 Å². The van der Waals surface area contributed by atoms with Gasteiger partial charge in [0.2, 0.25) is 0 Å². The first-order valence-corrected chi connectivity index (χ1v) is 4.64. The third-order valence-electron chi connectivity index (χ3n) is 2.43. The van der Waals surface area contributed by atoms with Crippen molar-refractivity contribution < 1.29 is 6.48 Å². The fourth-order valence-electron chi connectivity index (χ4n) is 1.72. The topological polar surface area (TPSA) is 23.5 Å². The predicted octanol–water partition coefficient (Wildman–Crippen LogP) is 1.04. The van der Waals surface area contributed by atoms with Crippen molar-refractivity contribution in [1.29, 1.82) is 0 Å². The van der Waals surface area contributed by atoms with E-state index in [1.165, 1.54) is 5.56 Å². The van der Waals surface area contributed by atoms with Gasteiger partial charge < -0.3 is 5.11 Å². The lowest BCUT2D eigenvalue weighted by Gasteiger charge is -2.27. The van der Waals surface area contributed by atoms with Gasteiger partial charge in [-0.25, -0.2) is 0 Å². The number of benzene rings is 1. The standard InChI is InChI=1S/C11H15NO/c13-8-7-12-6-5-10-3-1-2-4-11(10)9-12/h1-4,13H,5-9H2/i5D. The highest BCUT2D eigenvalue weighted by Crippen LogP contribution is 2.17. The molecule has 1 aromatic rings. The Balaban J connectivity index is 2.20. The Morgan fingerprint density at radius 2 is 2.15 bits per heavy atom. The molecule has 0 amide bonds. The van der Waals surface area contributed by atoms with Gasteiger partial charge in [0.05, 0.1) is 6.61 Å². The molecule has 0 radical (unpaired) electrons. The smallest absolute Gasteiger partial charge is 0.0558 e. The maximum atomic E-state index is 8.85. The van der Waals surface area contributed by atoms with Crippen LogP contribution < -0.4 is 0 Å². The maximum Gasteiger partial charge on any atom is 0.0558 e. The van der Waals surface area contributed by atoms with Crippen LogP contribution in [0.2, 0.25) is 0 Å². The van der Waals surface area contributed by atoms with E-state index in [4.69, 9.17) is 6.48 Å². The highest BCUT2D eigenvalue weighted by molar-refractivity contribution is 5.28. The molecule has 1 aromatic carbocycles. The molecule has 2 rings (SSSR count). The first-order chi connectivity index (χ1) is 6.81. The molecule has 70 valence electrons. The molecule has 0 bridgehead atoms. The van der Waals surface area contributed by atoms with E-state index >= 15 is 0 Å². The van der Waals surface area contributed by atoms with Gasteiger partial charge >= 0.3 is 0 Å². The number of hydrogen-bond acceptors (Lipinski definition) is 2. The molecule has 0 aliphatic carbocycles. The Hall–Kier alpha value is -0.860. The second kappa shape index (κ2) is 3.90. The van der Waals surface area contributed by atoms with Gasteiger partial charge in [0, 0.05) is 21.0 Å². The molecule has 0 aromatic heterocycles. The van der Waals surface area contributed by atoms with Gasteiger partial charge in [-0.2, -0.15) is 0 Å². The fraction of sp³-hybridized carbons (Fsp3) is 0.455. The molecule has 0 fully saturated rings. The first kappa shape index (κ1) is 7.54. The van der Waals surface area contributed by atoms with Gasteiger partial charge in [-0.1, -0.05) is 24.3 Å². The summed E-state index contributed by atoms with van der Waals surface area (Å²) in [4.78, 5) is 2.12. The lowest BCUT2D eigenvalue weighted by molar-refractivity contribution is 0.184. The summed E-state index contributed by atoms with van der Waals surface area (Å²) in [7, 11) is 0. The number of aliphatic hydroxyl groups excluding tert-OH is 1. The molecule has 1 N–H and O–H groups in total. The number of β-amino-alcohol motifs (C(OH)–C–C–N with tert-alkyl or cyclic N) is 1. The molecule has 13 heavy (non-hydrogen) atoms. The number of nitrogens with zero attached hydrogens (tertiary/aromatic N) is 1. The molecule has 1 unspecified atom stereocenters. The largest absolute Gasteiger partial charge is 0.395 e. The van der Waals surface area contributed by atoms with E-state index in [0.717, 1.165) is 18.7 Å². The van der Waals surface area contributed by atoms with Crippen LogP contribution in [0.25, 0.3) is 0 Å². The first-order valence-electron chi connectivity index (χ1n) is 5.22. The maximum absolute atomic E-state index is 8.85. The summed E-state index contributed by atoms with van der Waals surface area (Å²) in [6.45, 7) is 2.45. The predicted molar refractivity (Wildman–Crippen MR) is 52.5 cm³/mol. The van der Waals surface area contributed by atoms with Crippen LogP contribution in [-0.4, -0.2) is 29.7 Å². The highest BCUT2D eigenvalue weighted by atomic mass is 16.3. The van der Waals surface area contributed by atoms with Gasteiger partial charge in [-0.15, -0.1) is 0 Å². The van der Waals surface area contributed by atoms with Crippen LogP contribution >= 0.6 is 0 Å². The number of aliphatic hydroxyl groups is 1. The minimum absolute atomic E-state index is 0.161. The van der Waals surface area contributed by atoms with Gasteiger partial charge in [-0.05, 0) is 17.5 Å². The minimum atomic E-state index is -0.161. The van der Waals surface area contributed by atoms with Crippen LogP contribution in [0.3, 0.4) is 0 Å². The fourth-order valence-corrected chi connectivity index (χ4v) is 1.72. The lowest BCUT2D eigenvalue weighted by Crippen LogP contribution is -2.32. The Morgan fingerprint density at radius 1 is 1.38 bits per heavy atom. The summed E-state index contributed by atoms with van der Waals surface area (Å²) in [6, 6.07) is 8.10. The third kappa shape index (κ3) is 1.90. The average molecular weight is 178 g/mol. The zero-order chi connectivity index (χ0) is 9.97. The quantitative estimate of drug-likeness (QED) is 0.731. The van der Waals surface area contributed by atoms with E-state index in [1.807, 2.05) is 18.2 Å². The molecule has 1 atom stereocenters. The monoisotopic (exact) mass is 178 g/mol. The van der Waals surface area contributed by atoms with E-state index in [-0.39, 0.29) is 13.0 Å². The van der Waals surface area contributed by atoms with Crippen molar-refractivity contribution >= 4 is 0 Å². The number of rotatable bonds is 2. The van der Waals surface area contributed by atoms with E-state index in [9.17, 15) is 0 Å². The summed E-state index contributed by atoms with van der Waals surface area (Å²) >= 11 is 0. The SMILES string of the molecule is [2H]C1CN(CCO)Cc2ccccc21. The average Bonchev–Trinajstić information content (AvgIpc) is 2.18. The zero-order valence-electron chi connectivity index (χ0n) is 8.61. The summed E-state index contributed by atoms with van der Waals surface area (Å²) in [6.07, 6.45) is -0.161. The van der Waals surface area contributed by atoms with Crippen LogP contribution in [0.5, 0.6) is 0 Å². The number of fused-ring (bicyclic) bond motifs is 1. The minimum Gasteiger partial charge on any atom is -0.395 e. The van der Waals surface area contributed by atoms with Crippen molar-refractivity contribution in [2.45, 2.75) is 12.9 Å². The van der Waals surface area contributed by atoms with Crippen LogP contribution in [0.4, 0.5) is 0 Å². The summed E-state index contributed by atoms with van der Waals surface area (Å²) < 4.78 is 7.94. The molecule has 2 nitrogen and oxygen atoms in total. The van der Waals surface area contributed by atoms with Crippen molar-refractivity contribution in [3.63, 3.8) is 0 Å². The second-order valence-corrected chi connectivity index (χ2v) is 3.36. The molecule has 0 saturated heterocycles. The van der Waals surface area contributed by atoms with E-state index in [1.54, 1.807) is 0 Å². The molecule has 1 aliphatic rings. The van der Waals surface area contributed by atoms with E-state index in [0.29, 0.717) is 6.54 Å². The summed E-state index contributed by atoms with van der Waals surface area (Å²) in [5.74, 6) is 0. The third-order valence-corrected chi connectivity index (χ3v) is 2.43. The van der Waals surface area contributed by atoms with Crippen LogP contribution in [0.15, 0.2) is 24.3 Å². The molecular weight excluding hydrogens is 162 g/mol. The Kier molecular flexibility index (Phi) is 2.26. The van der Waals surface area contributed by atoms with Crippen LogP contribution in [0, 0.1) is 0 Å². The summed E-state index contributed by atoms with van der Waals surface area (Å²) in [5, 5.41) is 8.85. The van der Waals surface area contributed by atoms with Crippen molar-refractivity contribution in [3.05, 3.63) is 35.4 Å². The Labute approximate surface area is 80.2 Å². The molecule has 1 heterocycles. The molecule has 1 aliphatic heterocycles. The van der Waals surface area contributed by atoms with Gasteiger partial charge in [-0.3, -0.25) is 4.90 Å². The molecular formula is C11H15NO. The lowest BCUT2D eigenvalue weighted by atomic mass is 10.0. The molecule has 0 saturated carbocycles. The van der Waals surface area contributed by atoms with Crippen LogP contribution in [-0.2, 0) is 12.9 Å². The van der Waals surface area contributed by atoms with E-state index in [2.05, 4.69) is 11.0 Å². The number of hydrogen-bond donors (Lipinski definition) is 1. The van der Waals surface area contributed by atoms with E-state index < -0.39 is 0 Å². The van der Waals surface area contributed by atoms with Crippen LogP contribution in [0.1, 0.15) is 12.5 Å².